The summed E-state index contributed by atoms with van der Waals surface area (Å²) in [5, 5.41) is 4.35. The van der Waals surface area contributed by atoms with Crippen LogP contribution in [0.15, 0.2) is 42.5 Å². The maximum Gasteiger partial charge on any atom is 0.142 e. The number of ether oxygens (including phenoxy) is 1. The molecule has 0 saturated heterocycles. The van der Waals surface area contributed by atoms with Crippen LogP contribution in [0.2, 0.25) is 5.02 Å². The maximum atomic E-state index is 6.12. The number of methoxy groups -OCH3 is 1. The third kappa shape index (κ3) is 3.33. The molecule has 1 aliphatic carbocycles. The van der Waals surface area contributed by atoms with Crippen molar-refractivity contribution in [1.29, 1.82) is 0 Å². The molecular weight excluding hydrogens is 282 g/mol. The van der Waals surface area contributed by atoms with Crippen LogP contribution >= 0.6 is 11.6 Å². The predicted octanol–water partition coefficient (Wildman–Crippen LogP) is 5.22. The van der Waals surface area contributed by atoms with Gasteiger partial charge in [-0.25, -0.2) is 0 Å². The Bertz CT molecular complexity index is 620. The number of rotatable bonds is 5. The van der Waals surface area contributed by atoms with Gasteiger partial charge in [-0.1, -0.05) is 41.4 Å². The fraction of sp³-hybridized carbons (Fsp3) is 0.333. The van der Waals surface area contributed by atoms with Crippen LogP contribution in [-0.2, 0) is 0 Å². The zero-order valence-corrected chi connectivity index (χ0v) is 13.2. The minimum Gasteiger partial charge on any atom is -0.495 e. The molecule has 0 heterocycles. The Morgan fingerprint density at radius 2 is 1.86 bits per heavy atom. The van der Waals surface area contributed by atoms with Crippen molar-refractivity contribution in [2.24, 2.45) is 5.92 Å². The van der Waals surface area contributed by atoms with E-state index in [1.54, 1.807) is 7.11 Å². The van der Waals surface area contributed by atoms with Crippen molar-refractivity contribution < 1.29 is 4.74 Å². The first-order chi connectivity index (χ1) is 10.2. The summed E-state index contributed by atoms with van der Waals surface area (Å²) in [7, 11) is 1.69. The van der Waals surface area contributed by atoms with Gasteiger partial charge < -0.3 is 10.1 Å². The fourth-order valence-corrected chi connectivity index (χ4v) is 2.81. The summed E-state index contributed by atoms with van der Waals surface area (Å²) < 4.78 is 5.44. The van der Waals surface area contributed by atoms with Gasteiger partial charge in [0.1, 0.15) is 5.75 Å². The van der Waals surface area contributed by atoms with Gasteiger partial charge in [-0.15, -0.1) is 0 Å². The Morgan fingerprint density at radius 1 is 1.14 bits per heavy atom. The topological polar surface area (TPSA) is 21.3 Å². The number of anilines is 1. The van der Waals surface area contributed by atoms with Gasteiger partial charge in [-0.05, 0) is 49.4 Å². The Labute approximate surface area is 131 Å². The molecule has 0 aromatic heterocycles. The second-order valence-corrected chi connectivity index (χ2v) is 6.15. The van der Waals surface area contributed by atoms with E-state index in [2.05, 4.69) is 36.5 Å². The molecule has 21 heavy (non-hydrogen) atoms. The van der Waals surface area contributed by atoms with Gasteiger partial charge in [0.15, 0.2) is 0 Å². The van der Waals surface area contributed by atoms with Gasteiger partial charge >= 0.3 is 0 Å². The van der Waals surface area contributed by atoms with Gasteiger partial charge in [0.05, 0.1) is 18.8 Å². The van der Waals surface area contributed by atoms with Crippen LogP contribution in [0.25, 0.3) is 0 Å². The van der Waals surface area contributed by atoms with Crippen LogP contribution in [0.4, 0.5) is 5.69 Å². The highest BCUT2D eigenvalue weighted by molar-refractivity contribution is 6.30. The van der Waals surface area contributed by atoms with Crippen LogP contribution in [0, 0.1) is 12.8 Å². The van der Waals surface area contributed by atoms with Crippen LogP contribution < -0.4 is 10.1 Å². The Morgan fingerprint density at radius 3 is 2.48 bits per heavy atom. The molecule has 110 valence electrons. The molecule has 1 N–H and O–H groups in total. The second-order valence-electron chi connectivity index (χ2n) is 5.71. The quantitative estimate of drug-likeness (QED) is 0.817. The molecule has 1 atom stereocenters. The highest BCUT2D eigenvalue weighted by Gasteiger charge is 2.32. The lowest BCUT2D eigenvalue weighted by molar-refractivity contribution is 0.415. The number of aryl methyl sites for hydroxylation is 1. The Kier molecular flexibility index (Phi) is 4.07. The number of halogens is 1. The number of benzene rings is 2. The minimum atomic E-state index is 0.318. The van der Waals surface area contributed by atoms with E-state index in [1.807, 2.05) is 18.2 Å². The lowest BCUT2D eigenvalue weighted by Crippen LogP contribution is -2.13. The van der Waals surface area contributed by atoms with Crippen LogP contribution in [0.3, 0.4) is 0 Å². The highest BCUT2D eigenvalue weighted by atomic mass is 35.5. The SMILES string of the molecule is COc1ccc(Cl)cc1NC(c1ccc(C)cc1)C1CC1. The number of nitrogens with one attached hydrogen (secondary N) is 1. The molecule has 0 amide bonds. The molecule has 3 rings (SSSR count). The van der Waals surface area contributed by atoms with Gasteiger partial charge in [0, 0.05) is 5.02 Å². The lowest BCUT2D eigenvalue weighted by atomic mass is 10.0. The lowest BCUT2D eigenvalue weighted by Gasteiger charge is -2.22. The predicted molar refractivity (Wildman–Crippen MR) is 88.3 cm³/mol. The third-order valence-electron chi connectivity index (χ3n) is 4.00. The van der Waals surface area contributed by atoms with E-state index in [-0.39, 0.29) is 0 Å². The van der Waals surface area contributed by atoms with E-state index in [4.69, 9.17) is 16.3 Å². The van der Waals surface area contributed by atoms with Crippen molar-refractivity contribution in [2.75, 3.05) is 12.4 Å². The molecule has 0 aliphatic heterocycles. The van der Waals surface area contributed by atoms with Crippen LogP contribution in [-0.4, -0.2) is 7.11 Å². The average molecular weight is 302 g/mol. The normalized spacial score (nSPS) is 15.6. The summed E-state index contributed by atoms with van der Waals surface area (Å²) in [5.41, 5.74) is 3.57. The Balaban J connectivity index is 1.89. The molecule has 1 aliphatic rings. The standard InChI is InChI=1S/C18H20ClNO/c1-12-3-5-13(6-4-12)18(14-7-8-14)20-16-11-15(19)9-10-17(16)21-2/h3-6,9-11,14,18,20H,7-8H2,1-2H3. The molecule has 2 aromatic carbocycles. The zero-order chi connectivity index (χ0) is 14.8. The van der Waals surface area contributed by atoms with Gasteiger partial charge in [-0.2, -0.15) is 0 Å². The van der Waals surface area contributed by atoms with Crippen molar-refractivity contribution in [3.05, 3.63) is 58.6 Å². The summed E-state index contributed by atoms with van der Waals surface area (Å²) in [6, 6.07) is 14.8. The summed E-state index contributed by atoms with van der Waals surface area (Å²) in [6.45, 7) is 2.11. The first-order valence-corrected chi connectivity index (χ1v) is 7.72. The van der Waals surface area contributed by atoms with E-state index < -0.39 is 0 Å². The first-order valence-electron chi connectivity index (χ1n) is 7.34. The molecule has 0 bridgehead atoms. The molecule has 1 saturated carbocycles. The molecule has 2 aromatic rings. The molecule has 2 nitrogen and oxygen atoms in total. The molecular formula is C18H20ClNO. The summed E-state index contributed by atoms with van der Waals surface area (Å²) in [4.78, 5) is 0. The number of hydrogen-bond donors (Lipinski definition) is 1. The molecule has 0 radical (unpaired) electrons. The molecule has 1 fully saturated rings. The van der Waals surface area contributed by atoms with Gasteiger partial charge in [-0.3, -0.25) is 0 Å². The van der Waals surface area contributed by atoms with E-state index in [9.17, 15) is 0 Å². The summed E-state index contributed by atoms with van der Waals surface area (Å²) >= 11 is 6.12. The van der Waals surface area contributed by atoms with Gasteiger partial charge in [0.25, 0.3) is 0 Å². The van der Waals surface area contributed by atoms with Crippen molar-refractivity contribution in [1.82, 2.24) is 0 Å². The zero-order valence-electron chi connectivity index (χ0n) is 12.4. The smallest absolute Gasteiger partial charge is 0.142 e. The maximum absolute atomic E-state index is 6.12. The molecule has 3 heteroatoms. The van der Waals surface area contributed by atoms with E-state index >= 15 is 0 Å². The second kappa shape index (κ2) is 5.98. The fourth-order valence-electron chi connectivity index (χ4n) is 2.64. The monoisotopic (exact) mass is 301 g/mol. The van der Waals surface area contributed by atoms with Crippen molar-refractivity contribution >= 4 is 17.3 Å². The Hall–Kier alpha value is -1.67. The van der Waals surface area contributed by atoms with E-state index in [0.29, 0.717) is 12.0 Å². The number of hydrogen-bond acceptors (Lipinski definition) is 2. The molecule has 1 unspecified atom stereocenters. The van der Waals surface area contributed by atoms with Crippen LogP contribution in [0.1, 0.15) is 30.0 Å². The third-order valence-corrected chi connectivity index (χ3v) is 4.24. The average Bonchev–Trinajstić information content (AvgIpc) is 3.31. The molecule has 0 spiro atoms. The van der Waals surface area contributed by atoms with Crippen LogP contribution in [0.5, 0.6) is 5.75 Å². The summed E-state index contributed by atoms with van der Waals surface area (Å²) in [6.07, 6.45) is 2.54. The van der Waals surface area contributed by atoms with E-state index in [1.165, 1.54) is 24.0 Å². The van der Waals surface area contributed by atoms with Crippen molar-refractivity contribution in [2.45, 2.75) is 25.8 Å². The largest absolute Gasteiger partial charge is 0.495 e. The first kappa shape index (κ1) is 14.3. The van der Waals surface area contributed by atoms with Crippen molar-refractivity contribution in [3.8, 4) is 5.75 Å². The summed E-state index contributed by atoms with van der Waals surface area (Å²) in [5.74, 6) is 1.52. The highest BCUT2D eigenvalue weighted by Crippen LogP contribution is 2.44. The van der Waals surface area contributed by atoms with Gasteiger partial charge in [0.2, 0.25) is 0 Å². The minimum absolute atomic E-state index is 0.318. The van der Waals surface area contributed by atoms with E-state index in [0.717, 1.165) is 16.5 Å². The van der Waals surface area contributed by atoms with Crippen molar-refractivity contribution in [3.63, 3.8) is 0 Å².